The first-order valence-electron chi connectivity index (χ1n) is 8.04. The maximum atomic E-state index is 12.2. The molecule has 1 saturated heterocycles. The molecule has 1 aromatic heterocycles. The van der Waals surface area contributed by atoms with E-state index in [1.807, 2.05) is 36.4 Å². The summed E-state index contributed by atoms with van der Waals surface area (Å²) in [6, 6.07) is 10.8. The fourth-order valence-corrected chi connectivity index (χ4v) is 3.14. The first-order chi connectivity index (χ1) is 11.7. The Morgan fingerprint density at radius 1 is 1.38 bits per heavy atom. The molecule has 1 aromatic carbocycles. The number of aliphatic hydroxyl groups is 1. The fourth-order valence-electron chi connectivity index (χ4n) is 2.91. The molecule has 6 heteroatoms. The lowest BCUT2D eigenvalue weighted by Crippen LogP contribution is -2.42. The smallest absolute Gasteiger partial charge is 0.237 e. The van der Waals surface area contributed by atoms with Crippen LogP contribution < -0.4 is 10.6 Å². The van der Waals surface area contributed by atoms with Gasteiger partial charge in [-0.15, -0.1) is 0 Å². The Bertz CT molecular complexity index is 700. The van der Waals surface area contributed by atoms with Crippen molar-refractivity contribution < 1.29 is 9.90 Å². The van der Waals surface area contributed by atoms with Gasteiger partial charge in [0.2, 0.25) is 5.91 Å². The zero-order valence-electron chi connectivity index (χ0n) is 13.2. The standard InChI is InChI=1S/C18H20ClN3O2/c19-17-14(3-1-10-21-17)12-5-7-13(8-6-12)16(11-23)22-18(24)15-4-2-9-20-15/h1,3,5-8,10,15-16,20,23H,2,4,9,11H2,(H,22,24). The molecule has 1 amide bonds. The van der Waals surface area contributed by atoms with Crippen molar-refractivity contribution in [3.8, 4) is 11.1 Å². The molecule has 0 saturated carbocycles. The van der Waals surface area contributed by atoms with Crippen molar-refractivity contribution in [1.82, 2.24) is 15.6 Å². The van der Waals surface area contributed by atoms with E-state index in [1.54, 1.807) is 6.20 Å². The summed E-state index contributed by atoms with van der Waals surface area (Å²) in [5.74, 6) is -0.0640. The van der Waals surface area contributed by atoms with E-state index in [2.05, 4.69) is 15.6 Å². The second kappa shape index (κ2) is 7.75. The minimum Gasteiger partial charge on any atom is -0.394 e. The van der Waals surface area contributed by atoms with E-state index >= 15 is 0 Å². The number of hydrogen-bond acceptors (Lipinski definition) is 4. The third kappa shape index (κ3) is 3.75. The largest absolute Gasteiger partial charge is 0.394 e. The minimum atomic E-state index is -0.418. The maximum Gasteiger partial charge on any atom is 0.237 e. The van der Waals surface area contributed by atoms with Crippen molar-refractivity contribution in [2.45, 2.75) is 24.9 Å². The zero-order chi connectivity index (χ0) is 16.9. The Morgan fingerprint density at radius 3 is 2.79 bits per heavy atom. The highest BCUT2D eigenvalue weighted by Crippen LogP contribution is 2.27. The summed E-state index contributed by atoms with van der Waals surface area (Å²) in [6.07, 6.45) is 3.49. The molecule has 2 aromatic rings. The zero-order valence-corrected chi connectivity index (χ0v) is 14.0. The van der Waals surface area contributed by atoms with E-state index in [1.165, 1.54) is 0 Å². The molecule has 1 aliphatic rings. The topological polar surface area (TPSA) is 74.2 Å². The number of pyridine rings is 1. The maximum absolute atomic E-state index is 12.2. The number of aromatic nitrogens is 1. The summed E-state index contributed by atoms with van der Waals surface area (Å²) < 4.78 is 0. The Balaban J connectivity index is 1.73. The molecule has 2 atom stereocenters. The summed E-state index contributed by atoms with van der Waals surface area (Å²) in [5.41, 5.74) is 2.65. The van der Waals surface area contributed by atoms with E-state index in [4.69, 9.17) is 11.6 Å². The molecule has 5 nitrogen and oxygen atoms in total. The van der Waals surface area contributed by atoms with Crippen LogP contribution in [-0.2, 0) is 4.79 Å². The van der Waals surface area contributed by atoms with Crippen molar-refractivity contribution in [2.24, 2.45) is 0 Å². The lowest BCUT2D eigenvalue weighted by molar-refractivity contribution is -0.123. The van der Waals surface area contributed by atoms with Crippen LogP contribution in [0, 0.1) is 0 Å². The van der Waals surface area contributed by atoms with Gasteiger partial charge >= 0.3 is 0 Å². The van der Waals surface area contributed by atoms with Crippen LogP contribution in [0.4, 0.5) is 0 Å². The lowest BCUT2D eigenvalue weighted by Gasteiger charge is -2.20. The number of amides is 1. The number of hydrogen-bond donors (Lipinski definition) is 3. The summed E-state index contributed by atoms with van der Waals surface area (Å²) >= 11 is 6.11. The van der Waals surface area contributed by atoms with Gasteiger partial charge in [0.25, 0.3) is 0 Å². The van der Waals surface area contributed by atoms with Gasteiger partial charge in [-0.25, -0.2) is 4.98 Å². The highest BCUT2D eigenvalue weighted by atomic mass is 35.5. The van der Waals surface area contributed by atoms with Crippen molar-refractivity contribution in [2.75, 3.05) is 13.2 Å². The molecular weight excluding hydrogens is 326 g/mol. The summed E-state index contributed by atoms with van der Waals surface area (Å²) in [5, 5.41) is 16.1. The third-order valence-electron chi connectivity index (χ3n) is 4.26. The molecule has 24 heavy (non-hydrogen) atoms. The Kier molecular flexibility index (Phi) is 5.45. The highest BCUT2D eigenvalue weighted by Gasteiger charge is 2.24. The van der Waals surface area contributed by atoms with Crippen LogP contribution in [0.3, 0.4) is 0 Å². The van der Waals surface area contributed by atoms with E-state index in [9.17, 15) is 9.90 Å². The molecule has 0 radical (unpaired) electrons. The van der Waals surface area contributed by atoms with Crippen LogP contribution in [0.1, 0.15) is 24.4 Å². The molecule has 0 aliphatic carbocycles. The molecule has 0 spiro atoms. The van der Waals surface area contributed by atoms with Crippen LogP contribution in [-0.4, -0.2) is 35.2 Å². The number of benzene rings is 1. The Morgan fingerprint density at radius 2 is 2.17 bits per heavy atom. The number of nitrogens with zero attached hydrogens (tertiary/aromatic N) is 1. The number of nitrogens with one attached hydrogen (secondary N) is 2. The van der Waals surface area contributed by atoms with E-state index in [-0.39, 0.29) is 18.6 Å². The summed E-state index contributed by atoms with van der Waals surface area (Å²) in [6.45, 7) is 0.716. The van der Waals surface area contributed by atoms with Crippen molar-refractivity contribution in [3.05, 3.63) is 53.3 Å². The molecule has 1 aliphatic heterocycles. The van der Waals surface area contributed by atoms with E-state index < -0.39 is 6.04 Å². The van der Waals surface area contributed by atoms with Gasteiger partial charge in [0.15, 0.2) is 0 Å². The van der Waals surface area contributed by atoms with Crippen LogP contribution in [0.25, 0.3) is 11.1 Å². The SMILES string of the molecule is O=C(NC(CO)c1ccc(-c2cccnc2Cl)cc1)C1CCCN1. The van der Waals surface area contributed by atoms with Crippen LogP contribution in [0.5, 0.6) is 0 Å². The van der Waals surface area contributed by atoms with Crippen LogP contribution in [0.15, 0.2) is 42.6 Å². The molecule has 126 valence electrons. The van der Waals surface area contributed by atoms with Gasteiger partial charge in [0.1, 0.15) is 5.15 Å². The second-order valence-corrected chi connectivity index (χ2v) is 6.21. The van der Waals surface area contributed by atoms with E-state index in [0.717, 1.165) is 36.1 Å². The predicted molar refractivity (Wildman–Crippen MR) is 93.7 cm³/mol. The second-order valence-electron chi connectivity index (χ2n) is 5.86. The molecular formula is C18H20ClN3O2. The van der Waals surface area contributed by atoms with Gasteiger partial charge in [-0.1, -0.05) is 35.9 Å². The first kappa shape index (κ1) is 16.9. The monoisotopic (exact) mass is 345 g/mol. The summed E-state index contributed by atoms with van der Waals surface area (Å²) in [7, 11) is 0. The minimum absolute atomic E-state index is 0.0640. The fraction of sp³-hybridized carbons (Fsp3) is 0.333. The van der Waals surface area contributed by atoms with Gasteiger partial charge in [-0.3, -0.25) is 4.79 Å². The summed E-state index contributed by atoms with van der Waals surface area (Å²) in [4.78, 5) is 16.3. The molecule has 0 bridgehead atoms. The third-order valence-corrected chi connectivity index (χ3v) is 4.56. The van der Waals surface area contributed by atoms with Crippen LogP contribution >= 0.6 is 11.6 Å². The predicted octanol–water partition coefficient (Wildman–Crippen LogP) is 2.30. The lowest BCUT2D eigenvalue weighted by atomic mass is 10.0. The number of halogens is 1. The van der Waals surface area contributed by atoms with Crippen molar-refractivity contribution in [3.63, 3.8) is 0 Å². The normalized spacial score (nSPS) is 18.3. The average molecular weight is 346 g/mol. The van der Waals surface area contributed by atoms with Gasteiger partial charge < -0.3 is 15.7 Å². The van der Waals surface area contributed by atoms with E-state index in [0.29, 0.717) is 5.15 Å². The molecule has 1 fully saturated rings. The van der Waals surface area contributed by atoms with Gasteiger partial charge in [-0.05, 0) is 42.6 Å². The average Bonchev–Trinajstić information content (AvgIpc) is 3.15. The number of rotatable bonds is 5. The Hall–Kier alpha value is -1.95. The first-order valence-corrected chi connectivity index (χ1v) is 8.42. The quantitative estimate of drug-likeness (QED) is 0.727. The van der Waals surface area contributed by atoms with Crippen molar-refractivity contribution in [1.29, 1.82) is 0 Å². The number of carbonyl (C=O) groups excluding carboxylic acids is 1. The molecule has 2 heterocycles. The van der Waals surface area contributed by atoms with Gasteiger partial charge in [0.05, 0.1) is 18.7 Å². The van der Waals surface area contributed by atoms with Gasteiger partial charge in [0, 0.05) is 11.8 Å². The van der Waals surface area contributed by atoms with Crippen LogP contribution in [0.2, 0.25) is 5.15 Å². The molecule has 3 N–H and O–H groups in total. The van der Waals surface area contributed by atoms with Crippen molar-refractivity contribution >= 4 is 17.5 Å². The number of carbonyl (C=O) groups is 1. The molecule has 2 unspecified atom stereocenters. The number of aliphatic hydroxyl groups excluding tert-OH is 1. The highest BCUT2D eigenvalue weighted by molar-refractivity contribution is 6.32. The Labute approximate surface area is 146 Å². The molecule has 3 rings (SSSR count). The van der Waals surface area contributed by atoms with Gasteiger partial charge in [-0.2, -0.15) is 0 Å².